The molecule has 3 N–H and O–H groups in total. The Labute approximate surface area is 207 Å². The summed E-state index contributed by atoms with van der Waals surface area (Å²) < 4.78 is 96.1. The molecule has 1 aromatic heterocycles. The molecule has 0 radical (unpaired) electrons. The van der Waals surface area contributed by atoms with Gasteiger partial charge in [-0.05, 0) is 25.0 Å². The van der Waals surface area contributed by atoms with Crippen LogP contribution in [0.15, 0.2) is 24.4 Å². The first kappa shape index (κ1) is 30.7. The molecule has 2 saturated heterocycles. The van der Waals surface area contributed by atoms with Crippen LogP contribution in [0, 0.1) is 11.8 Å². The van der Waals surface area contributed by atoms with E-state index in [0.29, 0.717) is 19.1 Å². The number of hydrogen-bond donors (Lipinski definition) is 3. The van der Waals surface area contributed by atoms with Crippen LogP contribution in [0.4, 0.5) is 26.3 Å². The number of carboxylic acids is 2. The van der Waals surface area contributed by atoms with Crippen LogP contribution in [0.5, 0.6) is 0 Å². The smallest absolute Gasteiger partial charge is 0.475 e. The number of aromatic nitrogens is 1. The number of carboxylic acid groups (broad SMARTS) is 2. The minimum Gasteiger partial charge on any atom is -0.475 e. The maximum Gasteiger partial charge on any atom is 0.490 e. The van der Waals surface area contributed by atoms with E-state index in [2.05, 4.69) is 14.6 Å². The van der Waals surface area contributed by atoms with E-state index < -0.39 is 34.3 Å². The molecular weight excluding hydrogens is 540 g/mol. The second-order valence-electron chi connectivity index (χ2n) is 8.51. The molecule has 17 heteroatoms. The van der Waals surface area contributed by atoms with Gasteiger partial charge in [0, 0.05) is 44.2 Å². The van der Waals surface area contributed by atoms with Gasteiger partial charge in [0.25, 0.3) is 0 Å². The third-order valence-corrected chi connectivity index (χ3v) is 7.54. The molecule has 0 unspecified atom stereocenters. The highest BCUT2D eigenvalue weighted by Gasteiger charge is 2.45. The lowest BCUT2D eigenvalue weighted by atomic mass is 9.93. The average Bonchev–Trinajstić information content (AvgIpc) is 3.48. The summed E-state index contributed by atoms with van der Waals surface area (Å²) in [5, 5.41) is 14.1. The van der Waals surface area contributed by atoms with Crippen molar-refractivity contribution in [2.24, 2.45) is 11.8 Å². The molecule has 210 valence electrons. The number of likely N-dealkylation sites (tertiary alicyclic amines) is 1. The van der Waals surface area contributed by atoms with E-state index >= 15 is 0 Å². The van der Waals surface area contributed by atoms with Crippen LogP contribution in [0.2, 0.25) is 0 Å². The molecule has 3 heterocycles. The first-order valence-electron chi connectivity index (χ1n) is 10.8. The minimum absolute atomic E-state index is 0.148. The van der Waals surface area contributed by atoms with E-state index in [1.165, 1.54) is 0 Å². The van der Waals surface area contributed by atoms with E-state index in [9.17, 15) is 34.8 Å². The SMILES string of the molecule is O=C(O)C(F)(F)F.O=C(O)C(F)(F)F.O=S(=O)(NC[C@H]1CO[C@@H]2CN(Cc3ccccn3)C[C@H]12)C1CC1. The van der Waals surface area contributed by atoms with E-state index in [0.717, 1.165) is 38.2 Å². The van der Waals surface area contributed by atoms with Crippen molar-refractivity contribution >= 4 is 22.0 Å². The van der Waals surface area contributed by atoms with Crippen LogP contribution in [0.3, 0.4) is 0 Å². The molecule has 10 nitrogen and oxygen atoms in total. The van der Waals surface area contributed by atoms with Gasteiger partial charge in [-0.3, -0.25) is 9.88 Å². The number of sulfonamides is 1. The summed E-state index contributed by atoms with van der Waals surface area (Å²) in [6.07, 6.45) is -6.51. The molecule has 37 heavy (non-hydrogen) atoms. The Hall–Kier alpha value is -2.50. The second-order valence-corrected chi connectivity index (χ2v) is 10.6. The third kappa shape index (κ3) is 10.1. The molecule has 0 spiro atoms. The number of nitrogens with zero attached hydrogens (tertiary/aromatic N) is 2. The van der Waals surface area contributed by atoms with Crippen molar-refractivity contribution in [2.45, 2.75) is 43.1 Å². The molecule has 1 aromatic rings. The van der Waals surface area contributed by atoms with Crippen molar-refractivity contribution < 1.29 is 59.3 Å². The van der Waals surface area contributed by atoms with Crippen molar-refractivity contribution in [1.82, 2.24) is 14.6 Å². The van der Waals surface area contributed by atoms with Gasteiger partial charge in [-0.15, -0.1) is 0 Å². The third-order valence-electron chi connectivity index (χ3n) is 5.62. The summed E-state index contributed by atoms with van der Waals surface area (Å²) in [6.45, 7) is 3.87. The van der Waals surface area contributed by atoms with Gasteiger partial charge < -0.3 is 14.9 Å². The first-order chi connectivity index (χ1) is 17.0. The molecular formula is C20H25F6N3O7S. The summed E-state index contributed by atoms with van der Waals surface area (Å²) in [6, 6.07) is 5.97. The lowest BCUT2D eigenvalue weighted by Crippen LogP contribution is -2.35. The number of rotatable bonds is 6. The van der Waals surface area contributed by atoms with E-state index in [4.69, 9.17) is 24.5 Å². The Bertz CT molecular complexity index is 995. The highest BCUT2D eigenvalue weighted by atomic mass is 32.2. The number of halogens is 6. The monoisotopic (exact) mass is 565 g/mol. The van der Waals surface area contributed by atoms with Gasteiger partial charge in [-0.2, -0.15) is 26.3 Å². The molecule has 0 aromatic carbocycles. The molecule has 1 aliphatic carbocycles. The number of nitrogens with one attached hydrogen (secondary N) is 1. The first-order valence-corrected chi connectivity index (χ1v) is 12.4. The zero-order valence-corrected chi connectivity index (χ0v) is 19.9. The number of ether oxygens (including phenoxy) is 1. The van der Waals surface area contributed by atoms with Gasteiger partial charge in [-0.25, -0.2) is 22.7 Å². The lowest BCUT2D eigenvalue weighted by Gasteiger charge is -2.19. The van der Waals surface area contributed by atoms with Crippen LogP contribution < -0.4 is 4.72 Å². The number of pyridine rings is 1. The van der Waals surface area contributed by atoms with Gasteiger partial charge in [0.1, 0.15) is 0 Å². The van der Waals surface area contributed by atoms with Crippen LogP contribution >= 0.6 is 0 Å². The fraction of sp³-hybridized carbons (Fsp3) is 0.650. The summed E-state index contributed by atoms with van der Waals surface area (Å²) in [7, 11) is -3.09. The van der Waals surface area contributed by atoms with E-state index in [-0.39, 0.29) is 17.3 Å². The largest absolute Gasteiger partial charge is 0.490 e. The van der Waals surface area contributed by atoms with Crippen LogP contribution in [-0.2, 0) is 30.9 Å². The van der Waals surface area contributed by atoms with Crippen LogP contribution in [0.25, 0.3) is 0 Å². The topological polar surface area (TPSA) is 146 Å². The van der Waals surface area contributed by atoms with Gasteiger partial charge in [0.2, 0.25) is 10.0 Å². The van der Waals surface area contributed by atoms with Crippen LogP contribution in [-0.4, -0.2) is 90.4 Å². The maximum absolute atomic E-state index is 12.0. The standard InChI is InChI=1S/C16H23N3O3S.2C2HF3O2/c20-23(21,14-4-5-14)18-7-12-11-22-16-10-19(9-15(12)16)8-13-3-1-2-6-17-13;2*3-2(4,5)1(6)7/h1-3,6,12,14-16,18H,4-5,7-11H2;2*(H,6,7)/t12-,15+,16+;;/m0../s1. The predicted molar refractivity (Wildman–Crippen MR) is 114 cm³/mol. The number of aliphatic carboxylic acids is 2. The van der Waals surface area contributed by atoms with Gasteiger partial charge in [0.15, 0.2) is 0 Å². The molecule has 2 aliphatic heterocycles. The van der Waals surface area contributed by atoms with Gasteiger partial charge >= 0.3 is 24.3 Å². The summed E-state index contributed by atoms with van der Waals surface area (Å²) in [5.41, 5.74) is 1.07. The van der Waals surface area contributed by atoms with E-state index in [1.807, 2.05) is 24.4 Å². The van der Waals surface area contributed by atoms with Gasteiger partial charge in [0.05, 0.1) is 23.7 Å². The van der Waals surface area contributed by atoms with E-state index in [1.54, 1.807) is 0 Å². The molecule has 3 atom stereocenters. The predicted octanol–water partition coefficient (Wildman–Crippen LogP) is 1.88. The highest BCUT2D eigenvalue weighted by Crippen LogP contribution is 2.34. The minimum atomic E-state index is -5.08. The number of carbonyl (C=O) groups is 2. The molecule has 4 rings (SSSR count). The lowest BCUT2D eigenvalue weighted by molar-refractivity contribution is -0.193. The zero-order chi connectivity index (χ0) is 28.0. The quantitative estimate of drug-likeness (QED) is 0.440. The number of alkyl halides is 6. The van der Waals surface area contributed by atoms with Gasteiger partial charge in [-0.1, -0.05) is 6.07 Å². The molecule has 0 bridgehead atoms. The fourth-order valence-electron chi connectivity index (χ4n) is 3.66. The summed E-state index contributed by atoms with van der Waals surface area (Å²) in [5.74, 6) is -4.82. The Morgan fingerprint density at radius 1 is 1.05 bits per heavy atom. The van der Waals surface area contributed by atoms with Crippen molar-refractivity contribution in [3.63, 3.8) is 0 Å². The Balaban J connectivity index is 0.000000286. The Kier molecular flexibility index (Phi) is 10.3. The maximum atomic E-state index is 12.0. The zero-order valence-electron chi connectivity index (χ0n) is 19.1. The van der Waals surface area contributed by atoms with Crippen molar-refractivity contribution in [3.05, 3.63) is 30.1 Å². The fourth-order valence-corrected chi connectivity index (χ4v) is 5.10. The average molecular weight is 565 g/mol. The number of hydrogen-bond acceptors (Lipinski definition) is 7. The van der Waals surface area contributed by atoms with Crippen LogP contribution in [0.1, 0.15) is 18.5 Å². The number of fused-ring (bicyclic) bond motifs is 1. The molecule has 1 saturated carbocycles. The highest BCUT2D eigenvalue weighted by molar-refractivity contribution is 7.90. The summed E-state index contributed by atoms with van der Waals surface area (Å²) >= 11 is 0. The molecule has 0 amide bonds. The Morgan fingerprint density at radius 2 is 1.62 bits per heavy atom. The van der Waals surface area contributed by atoms with Crippen molar-refractivity contribution in [1.29, 1.82) is 0 Å². The molecule has 3 aliphatic rings. The van der Waals surface area contributed by atoms with Crippen molar-refractivity contribution in [3.8, 4) is 0 Å². The summed E-state index contributed by atoms with van der Waals surface area (Å²) in [4.78, 5) is 24.5. The Morgan fingerprint density at radius 3 is 2.08 bits per heavy atom. The normalized spacial score (nSPS) is 23.8. The van der Waals surface area contributed by atoms with Crippen molar-refractivity contribution in [2.75, 3.05) is 26.2 Å². The molecule has 3 fully saturated rings. The second kappa shape index (κ2) is 12.4.